The van der Waals surface area contributed by atoms with E-state index in [1.165, 1.54) is 11.3 Å². The minimum absolute atomic E-state index is 0.0650. The second-order valence-corrected chi connectivity index (χ2v) is 4.61. The predicted molar refractivity (Wildman–Crippen MR) is 57.8 cm³/mol. The lowest BCUT2D eigenvalue weighted by Crippen LogP contribution is -2.26. The van der Waals surface area contributed by atoms with E-state index in [1.807, 2.05) is 5.38 Å². The van der Waals surface area contributed by atoms with Crippen LogP contribution in [-0.4, -0.2) is 29.5 Å². The Kier molecular flexibility index (Phi) is 3.45. The van der Waals surface area contributed by atoms with Crippen LogP contribution in [-0.2, 0) is 16.0 Å². The number of rotatable bonds is 4. The molecule has 1 fully saturated rings. The summed E-state index contributed by atoms with van der Waals surface area (Å²) < 4.78 is 5.52. The zero-order valence-corrected chi connectivity index (χ0v) is 9.20. The molecule has 0 aromatic carbocycles. The highest BCUT2D eigenvalue weighted by Gasteiger charge is 2.29. The minimum Gasteiger partial charge on any atom is -0.366 e. The maximum absolute atomic E-state index is 11.8. The molecule has 5 heteroatoms. The normalized spacial score (nSPS) is 25.7. The van der Waals surface area contributed by atoms with E-state index in [0.29, 0.717) is 13.0 Å². The summed E-state index contributed by atoms with van der Waals surface area (Å²) in [7, 11) is 0. The molecule has 82 valence electrons. The van der Waals surface area contributed by atoms with Crippen LogP contribution in [0.2, 0.25) is 0 Å². The van der Waals surface area contributed by atoms with Crippen LogP contribution in [0.5, 0.6) is 0 Å². The van der Waals surface area contributed by atoms with Crippen molar-refractivity contribution in [2.75, 3.05) is 6.54 Å². The Morgan fingerprint density at radius 1 is 1.67 bits per heavy atom. The molecule has 1 aliphatic rings. The number of ketones is 1. The zero-order valence-electron chi connectivity index (χ0n) is 8.39. The van der Waals surface area contributed by atoms with Gasteiger partial charge < -0.3 is 10.5 Å². The third-order valence-corrected chi connectivity index (χ3v) is 3.32. The van der Waals surface area contributed by atoms with E-state index in [1.54, 1.807) is 6.20 Å². The number of carbonyl (C=O) groups is 1. The Labute approximate surface area is 92.5 Å². The smallest absolute Gasteiger partial charge is 0.168 e. The Bertz CT molecular complexity index is 326. The predicted octanol–water partition coefficient (Wildman–Crippen LogP) is 0.761. The number of hydrogen-bond acceptors (Lipinski definition) is 5. The second kappa shape index (κ2) is 4.83. The van der Waals surface area contributed by atoms with Crippen LogP contribution in [0.3, 0.4) is 0 Å². The van der Waals surface area contributed by atoms with Crippen molar-refractivity contribution in [3.05, 3.63) is 16.6 Å². The number of aromatic nitrogens is 1. The van der Waals surface area contributed by atoms with Crippen molar-refractivity contribution in [1.82, 2.24) is 4.98 Å². The van der Waals surface area contributed by atoms with Gasteiger partial charge >= 0.3 is 0 Å². The Morgan fingerprint density at radius 2 is 2.53 bits per heavy atom. The molecule has 1 aromatic heterocycles. The van der Waals surface area contributed by atoms with E-state index < -0.39 is 0 Å². The molecule has 0 saturated carbocycles. The van der Waals surface area contributed by atoms with Crippen molar-refractivity contribution < 1.29 is 9.53 Å². The second-order valence-electron chi connectivity index (χ2n) is 3.63. The Balaban J connectivity index is 1.87. The third kappa shape index (κ3) is 2.62. The highest BCUT2D eigenvalue weighted by molar-refractivity contribution is 7.09. The van der Waals surface area contributed by atoms with Gasteiger partial charge in [0.15, 0.2) is 5.78 Å². The van der Waals surface area contributed by atoms with Crippen LogP contribution in [0.15, 0.2) is 11.6 Å². The van der Waals surface area contributed by atoms with Gasteiger partial charge in [0.25, 0.3) is 0 Å². The number of thiazole rings is 1. The molecule has 4 nitrogen and oxygen atoms in total. The molecule has 0 amide bonds. The van der Waals surface area contributed by atoms with Crippen molar-refractivity contribution >= 4 is 17.1 Å². The van der Waals surface area contributed by atoms with Crippen LogP contribution in [0.4, 0.5) is 0 Å². The van der Waals surface area contributed by atoms with E-state index >= 15 is 0 Å². The Morgan fingerprint density at radius 3 is 3.13 bits per heavy atom. The molecule has 0 radical (unpaired) electrons. The van der Waals surface area contributed by atoms with Crippen molar-refractivity contribution in [2.45, 2.75) is 31.5 Å². The molecule has 2 rings (SSSR count). The van der Waals surface area contributed by atoms with Gasteiger partial charge in [0.2, 0.25) is 0 Å². The summed E-state index contributed by atoms with van der Waals surface area (Å²) in [6.45, 7) is 0.501. The number of Topliss-reactive ketones (excluding diaryl/α,β-unsaturated/α-hetero) is 1. The van der Waals surface area contributed by atoms with Gasteiger partial charge in [-0.05, 0) is 12.8 Å². The van der Waals surface area contributed by atoms with Crippen LogP contribution < -0.4 is 5.73 Å². The number of carbonyl (C=O) groups excluding carboxylic acids is 1. The zero-order chi connectivity index (χ0) is 10.7. The first-order valence-electron chi connectivity index (χ1n) is 5.06. The standard InChI is InChI=1S/C10H14N2O2S/c11-6-7-1-2-9(14-7)8(13)5-10-12-3-4-15-10/h3-4,7,9H,1-2,5-6,11H2. The topological polar surface area (TPSA) is 65.2 Å². The molecular formula is C10H14N2O2S. The van der Waals surface area contributed by atoms with E-state index in [4.69, 9.17) is 10.5 Å². The molecule has 15 heavy (non-hydrogen) atoms. The summed E-state index contributed by atoms with van der Waals surface area (Å²) in [6.07, 6.45) is 3.60. The molecule has 1 aliphatic heterocycles. The van der Waals surface area contributed by atoms with Gasteiger partial charge in [-0.3, -0.25) is 4.79 Å². The van der Waals surface area contributed by atoms with Gasteiger partial charge in [-0.1, -0.05) is 0 Å². The summed E-state index contributed by atoms with van der Waals surface area (Å²) in [5.74, 6) is 0.126. The highest BCUT2D eigenvalue weighted by Crippen LogP contribution is 2.21. The third-order valence-electron chi connectivity index (χ3n) is 2.54. The first-order chi connectivity index (χ1) is 7.29. The lowest BCUT2D eigenvalue weighted by Gasteiger charge is -2.10. The fourth-order valence-corrected chi connectivity index (χ4v) is 2.35. The fourth-order valence-electron chi connectivity index (χ4n) is 1.72. The number of nitrogens with two attached hydrogens (primary N) is 1. The lowest BCUT2D eigenvalue weighted by atomic mass is 10.1. The first-order valence-corrected chi connectivity index (χ1v) is 5.94. The van der Waals surface area contributed by atoms with Crippen molar-refractivity contribution in [2.24, 2.45) is 5.73 Å². The molecular weight excluding hydrogens is 212 g/mol. The number of nitrogens with zero attached hydrogens (tertiary/aromatic N) is 1. The van der Waals surface area contributed by atoms with E-state index in [2.05, 4.69) is 4.98 Å². The highest BCUT2D eigenvalue weighted by atomic mass is 32.1. The molecule has 0 spiro atoms. The van der Waals surface area contributed by atoms with Gasteiger partial charge in [0.1, 0.15) is 6.10 Å². The monoisotopic (exact) mass is 226 g/mol. The SMILES string of the molecule is NCC1CCC(C(=O)Cc2nccs2)O1. The van der Waals surface area contributed by atoms with E-state index in [0.717, 1.165) is 17.8 Å². The maximum Gasteiger partial charge on any atom is 0.168 e. The summed E-state index contributed by atoms with van der Waals surface area (Å²) in [5, 5.41) is 2.74. The van der Waals surface area contributed by atoms with Crippen molar-refractivity contribution in [3.63, 3.8) is 0 Å². The molecule has 2 N–H and O–H groups in total. The summed E-state index contributed by atoms with van der Waals surface area (Å²) in [5.41, 5.74) is 5.49. The summed E-state index contributed by atoms with van der Waals surface area (Å²) in [4.78, 5) is 15.9. The summed E-state index contributed by atoms with van der Waals surface area (Å²) in [6, 6.07) is 0. The quantitative estimate of drug-likeness (QED) is 0.823. The number of ether oxygens (including phenoxy) is 1. The van der Waals surface area contributed by atoms with Gasteiger partial charge in [0.05, 0.1) is 17.5 Å². The van der Waals surface area contributed by atoms with Crippen molar-refractivity contribution in [1.29, 1.82) is 0 Å². The largest absolute Gasteiger partial charge is 0.366 e. The van der Waals surface area contributed by atoms with Crippen LogP contribution in [0, 0.1) is 0 Å². The molecule has 2 heterocycles. The van der Waals surface area contributed by atoms with Gasteiger partial charge in [-0.25, -0.2) is 4.98 Å². The molecule has 0 bridgehead atoms. The van der Waals surface area contributed by atoms with Crippen molar-refractivity contribution in [3.8, 4) is 0 Å². The lowest BCUT2D eigenvalue weighted by molar-refractivity contribution is -0.128. The number of hydrogen-bond donors (Lipinski definition) is 1. The average molecular weight is 226 g/mol. The average Bonchev–Trinajstić information content (AvgIpc) is 2.86. The molecule has 1 aromatic rings. The first kappa shape index (κ1) is 10.7. The molecule has 0 aliphatic carbocycles. The fraction of sp³-hybridized carbons (Fsp3) is 0.600. The summed E-state index contributed by atoms with van der Waals surface area (Å²) >= 11 is 1.50. The minimum atomic E-state index is -0.262. The van der Waals surface area contributed by atoms with E-state index in [9.17, 15) is 4.79 Å². The maximum atomic E-state index is 11.8. The van der Waals surface area contributed by atoms with Crippen LogP contribution in [0.1, 0.15) is 17.8 Å². The molecule has 1 saturated heterocycles. The van der Waals surface area contributed by atoms with Gasteiger partial charge in [0, 0.05) is 18.1 Å². The van der Waals surface area contributed by atoms with Crippen LogP contribution in [0.25, 0.3) is 0 Å². The van der Waals surface area contributed by atoms with Gasteiger partial charge in [-0.15, -0.1) is 11.3 Å². The molecule has 2 unspecified atom stereocenters. The van der Waals surface area contributed by atoms with Gasteiger partial charge in [-0.2, -0.15) is 0 Å². The van der Waals surface area contributed by atoms with Crippen LogP contribution >= 0.6 is 11.3 Å². The Hall–Kier alpha value is -0.780. The van der Waals surface area contributed by atoms with E-state index in [-0.39, 0.29) is 18.0 Å². The molecule has 2 atom stereocenters.